The molecular weight excluding hydrogens is 412 g/mol. The van der Waals surface area contributed by atoms with Gasteiger partial charge in [0, 0.05) is 4.47 Å². The first-order chi connectivity index (χ1) is 12.5. The molecule has 2 aromatic carbocycles. The van der Waals surface area contributed by atoms with Gasteiger partial charge in [0.2, 0.25) is 0 Å². The highest BCUT2D eigenvalue weighted by atomic mass is 79.9. The Morgan fingerprint density at radius 2 is 1.77 bits per heavy atom. The van der Waals surface area contributed by atoms with Crippen LogP contribution in [0.3, 0.4) is 0 Å². The lowest BCUT2D eigenvalue weighted by Crippen LogP contribution is -2.18. The first-order valence-corrected chi connectivity index (χ1v) is 10.8. The molecule has 0 aromatic heterocycles. The van der Waals surface area contributed by atoms with Crippen molar-refractivity contribution in [2.45, 2.75) is 37.5 Å². The Kier molecular flexibility index (Phi) is 8.06. The summed E-state index contributed by atoms with van der Waals surface area (Å²) in [5, 5.41) is 3.97. The summed E-state index contributed by atoms with van der Waals surface area (Å²) in [7, 11) is -3.67. The second-order valence-corrected chi connectivity index (χ2v) is 8.47. The van der Waals surface area contributed by atoms with Gasteiger partial charge in [0.25, 0.3) is 10.0 Å². The Labute approximate surface area is 164 Å². The van der Waals surface area contributed by atoms with E-state index < -0.39 is 10.0 Å². The molecule has 0 bridgehead atoms. The van der Waals surface area contributed by atoms with Gasteiger partial charge in [-0.3, -0.25) is 0 Å². The van der Waals surface area contributed by atoms with Gasteiger partial charge in [-0.2, -0.15) is 13.5 Å². The van der Waals surface area contributed by atoms with Gasteiger partial charge < -0.3 is 0 Å². The van der Waals surface area contributed by atoms with E-state index in [1.807, 2.05) is 36.4 Å². The summed E-state index contributed by atoms with van der Waals surface area (Å²) in [6.07, 6.45) is 7.79. The lowest BCUT2D eigenvalue weighted by atomic mass is 10.1. The Bertz CT molecular complexity index is 845. The monoisotopic (exact) mass is 434 g/mol. The largest absolute Gasteiger partial charge is 0.276 e. The fraction of sp³-hybridized carbons (Fsp3) is 0.250. The number of unbranched alkanes of at least 4 members (excludes halogenated alkanes) is 2. The highest BCUT2D eigenvalue weighted by molar-refractivity contribution is 9.10. The molecule has 0 fully saturated rings. The highest BCUT2D eigenvalue weighted by Crippen LogP contribution is 2.15. The third-order valence-corrected chi connectivity index (χ3v) is 5.52. The second-order valence-electron chi connectivity index (χ2n) is 5.89. The molecule has 0 aliphatic carbocycles. The van der Waals surface area contributed by atoms with Crippen molar-refractivity contribution in [1.82, 2.24) is 4.83 Å². The van der Waals surface area contributed by atoms with Gasteiger partial charge in [-0.15, -0.1) is 0 Å². The fourth-order valence-corrected chi connectivity index (χ4v) is 3.42. The van der Waals surface area contributed by atoms with Gasteiger partial charge >= 0.3 is 0 Å². The molecule has 4 nitrogen and oxygen atoms in total. The van der Waals surface area contributed by atoms with E-state index in [1.54, 1.807) is 18.3 Å². The summed E-state index contributed by atoms with van der Waals surface area (Å²) in [4.78, 5) is 2.47. The molecule has 0 atom stereocenters. The zero-order valence-corrected chi connectivity index (χ0v) is 17.1. The van der Waals surface area contributed by atoms with Crippen LogP contribution in [-0.2, 0) is 10.0 Å². The minimum atomic E-state index is -3.67. The molecule has 0 unspecified atom stereocenters. The number of benzene rings is 2. The lowest BCUT2D eigenvalue weighted by molar-refractivity contribution is 0.584. The van der Waals surface area contributed by atoms with E-state index in [9.17, 15) is 8.42 Å². The Morgan fingerprint density at radius 1 is 1.08 bits per heavy atom. The number of halogens is 1. The molecule has 0 saturated heterocycles. The van der Waals surface area contributed by atoms with Crippen molar-refractivity contribution in [2.75, 3.05) is 0 Å². The van der Waals surface area contributed by atoms with E-state index in [-0.39, 0.29) is 4.90 Å². The fourth-order valence-electron chi connectivity index (χ4n) is 2.36. The number of nitrogens with one attached hydrogen (secondary N) is 1. The van der Waals surface area contributed by atoms with Crippen LogP contribution in [0.5, 0.6) is 0 Å². The van der Waals surface area contributed by atoms with Gasteiger partial charge in [0.05, 0.1) is 11.1 Å². The summed E-state index contributed by atoms with van der Waals surface area (Å²) >= 11 is 3.29. The lowest BCUT2D eigenvalue weighted by Gasteiger charge is -2.05. The molecule has 0 radical (unpaired) electrons. The summed E-state index contributed by atoms with van der Waals surface area (Å²) in [6.45, 7) is 2.15. The molecule has 1 N–H and O–H groups in total. The first kappa shape index (κ1) is 20.4. The standard InChI is InChI=1S/C20H23BrN2O2S/c1-2-3-5-10-18(15-17-8-6-4-7-9-17)16-22-23-26(24,25)20-13-11-19(21)12-14-20/h4,6-9,11-16,23H,2-3,5,10H2,1H3. The number of allylic oxidation sites excluding steroid dienone is 1. The molecule has 138 valence electrons. The molecule has 0 heterocycles. The highest BCUT2D eigenvalue weighted by Gasteiger charge is 2.11. The Morgan fingerprint density at radius 3 is 2.42 bits per heavy atom. The normalized spacial score (nSPS) is 12.5. The average molecular weight is 435 g/mol. The molecule has 0 spiro atoms. The van der Waals surface area contributed by atoms with E-state index in [4.69, 9.17) is 0 Å². The minimum Gasteiger partial charge on any atom is -0.200 e. The third-order valence-electron chi connectivity index (χ3n) is 3.75. The zero-order chi connectivity index (χ0) is 18.8. The van der Waals surface area contributed by atoms with Crippen LogP contribution in [0.4, 0.5) is 0 Å². The van der Waals surface area contributed by atoms with E-state index in [0.29, 0.717) is 0 Å². The van der Waals surface area contributed by atoms with Gasteiger partial charge in [0.1, 0.15) is 0 Å². The first-order valence-electron chi connectivity index (χ1n) is 8.57. The van der Waals surface area contributed by atoms with Crippen molar-refractivity contribution < 1.29 is 8.42 Å². The van der Waals surface area contributed by atoms with Gasteiger partial charge in [0.15, 0.2) is 0 Å². The molecule has 2 rings (SSSR count). The van der Waals surface area contributed by atoms with Crippen molar-refractivity contribution in [3.8, 4) is 0 Å². The number of nitrogens with zero attached hydrogens (tertiary/aromatic N) is 1. The number of hydrogen-bond acceptors (Lipinski definition) is 3. The molecule has 2 aromatic rings. The average Bonchev–Trinajstić information content (AvgIpc) is 2.63. The SMILES string of the molecule is CCCCCC(C=NNS(=O)(=O)c1ccc(Br)cc1)=Cc1ccccc1. The van der Waals surface area contributed by atoms with Crippen LogP contribution in [0, 0.1) is 0 Å². The summed E-state index contributed by atoms with van der Waals surface area (Å²) < 4.78 is 25.4. The van der Waals surface area contributed by atoms with Crippen molar-refractivity contribution >= 4 is 38.2 Å². The van der Waals surface area contributed by atoms with Crippen molar-refractivity contribution in [3.63, 3.8) is 0 Å². The molecule has 0 saturated carbocycles. The van der Waals surface area contributed by atoms with Crippen LogP contribution in [0.15, 0.2) is 74.6 Å². The maximum Gasteiger partial charge on any atom is 0.276 e. The van der Waals surface area contributed by atoms with Crippen LogP contribution in [0.1, 0.15) is 38.2 Å². The summed E-state index contributed by atoms with van der Waals surface area (Å²) in [5.41, 5.74) is 2.06. The molecule has 0 aliphatic heterocycles. The second kappa shape index (κ2) is 10.3. The Hall–Kier alpha value is -1.92. The van der Waals surface area contributed by atoms with Gasteiger partial charge in [-0.05, 0) is 48.2 Å². The smallest absolute Gasteiger partial charge is 0.200 e. The number of hydrazone groups is 1. The maximum absolute atomic E-state index is 12.3. The van der Waals surface area contributed by atoms with Crippen LogP contribution in [0.25, 0.3) is 6.08 Å². The van der Waals surface area contributed by atoms with Crippen LogP contribution >= 0.6 is 15.9 Å². The van der Waals surface area contributed by atoms with Crippen LogP contribution < -0.4 is 4.83 Å². The summed E-state index contributed by atoms with van der Waals surface area (Å²) in [6, 6.07) is 16.4. The number of rotatable bonds is 9. The van der Waals surface area contributed by atoms with E-state index >= 15 is 0 Å². The van der Waals surface area contributed by atoms with E-state index in [0.717, 1.165) is 41.3 Å². The predicted molar refractivity (Wildman–Crippen MR) is 112 cm³/mol. The van der Waals surface area contributed by atoms with Gasteiger partial charge in [-0.1, -0.05) is 72.1 Å². The molecule has 0 amide bonds. The van der Waals surface area contributed by atoms with Crippen LogP contribution in [0.2, 0.25) is 0 Å². The van der Waals surface area contributed by atoms with Crippen molar-refractivity contribution in [2.24, 2.45) is 5.10 Å². The topological polar surface area (TPSA) is 58.5 Å². The molecular formula is C20H23BrN2O2S. The molecule has 0 aliphatic rings. The predicted octanol–water partition coefficient (Wildman–Crippen LogP) is 5.38. The van der Waals surface area contributed by atoms with Crippen molar-refractivity contribution in [3.05, 3.63) is 70.2 Å². The van der Waals surface area contributed by atoms with Gasteiger partial charge in [-0.25, -0.2) is 4.83 Å². The number of hydrogen-bond donors (Lipinski definition) is 1. The molecule has 6 heteroatoms. The third kappa shape index (κ3) is 6.77. The quantitative estimate of drug-likeness (QED) is 0.327. The van der Waals surface area contributed by atoms with E-state index in [2.05, 4.69) is 32.8 Å². The van der Waals surface area contributed by atoms with Crippen LogP contribution in [-0.4, -0.2) is 14.6 Å². The maximum atomic E-state index is 12.3. The Balaban J connectivity index is 2.11. The van der Waals surface area contributed by atoms with Crippen molar-refractivity contribution in [1.29, 1.82) is 0 Å². The number of sulfonamides is 1. The minimum absolute atomic E-state index is 0.178. The summed E-state index contributed by atoms with van der Waals surface area (Å²) in [5.74, 6) is 0. The molecule has 26 heavy (non-hydrogen) atoms. The van der Waals surface area contributed by atoms with E-state index in [1.165, 1.54) is 12.1 Å². The zero-order valence-electron chi connectivity index (χ0n) is 14.7.